The van der Waals surface area contributed by atoms with Crippen LogP contribution in [0.1, 0.15) is 45.9 Å². The molecule has 6 rings (SSSR count). The number of anilines is 1. The summed E-state index contributed by atoms with van der Waals surface area (Å²) in [5.74, 6) is -3.42. The number of nitrogens with one attached hydrogen (secondary N) is 1. The molecule has 2 aliphatic rings. The Morgan fingerprint density at radius 2 is 1.66 bits per heavy atom. The second kappa shape index (κ2) is 16.9. The summed E-state index contributed by atoms with van der Waals surface area (Å²) in [5.41, 5.74) is 7.04. The van der Waals surface area contributed by atoms with E-state index in [1.165, 1.54) is 42.1 Å². The number of nitrogens with zero attached hydrogens (tertiary/aromatic N) is 7. The Bertz CT molecular complexity index is 2140. The average Bonchev–Trinajstić information content (AvgIpc) is 3.75. The number of aryl methyl sites for hydroxylation is 1. The van der Waals surface area contributed by atoms with Gasteiger partial charge in [0.25, 0.3) is 11.8 Å². The fourth-order valence-corrected chi connectivity index (χ4v) is 7.72. The van der Waals surface area contributed by atoms with Gasteiger partial charge in [-0.3, -0.25) is 23.9 Å². The molecule has 56 heavy (non-hydrogen) atoms. The van der Waals surface area contributed by atoms with E-state index in [9.17, 15) is 19.2 Å². The predicted octanol–water partition coefficient (Wildman–Crippen LogP) is 4.11. The van der Waals surface area contributed by atoms with Crippen molar-refractivity contribution in [1.29, 1.82) is 0 Å². The largest absolute Gasteiger partial charge is 0.383 e. The van der Waals surface area contributed by atoms with Crippen LogP contribution in [0.15, 0.2) is 42.7 Å². The van der Waals surface area contributed by atoms with E-state index < -0.39 is 17.5 Å². The van der Waals surface area contributed by atoms with Gasteiger partial charge in [-0.05, 0) is 31.2 Å². The lowest BCUT2D eigenvalue weighted by Gasteiger charge is -2.42. The summed E-state index contributed by atoms with van der Waals surface area (Å²) < 4.78 is 39.8. The van der Waals surface area contributed by atoms with Crippen LogP contribution in [0.25, 0.3) is 22.4 Å². The van der Waals surface area contributed by atoms with E-state index in [1.807, 2.05) is 4.90 Å². The number of hydrogen-bond acceptors (Lipinski definition) is 7. The van der Waals surface area contributed by atoms with Crippen LogP contribution in [0, 0.1) is 24.5 Å². The van der Waals surface area contributed by atoms with Crippen molar-refractivity contribution >= 4 is 40.9 Å². The van der Waals surface area contributed by atoms with Crippen LogP contribution in [0.5, 0.6) is 0 Å². The zero-order valence-electron chi connectivity index (χ0n) is 32.0. The number of nitrogens with two attached hydrogens (primary N) is 1. The van der Waals surface area contributed by atoms with Gasteiger partial charge in [0.15, 0.2) is 17.5 Å². The summed E-state index contributed by atoms with van der Waals surface area (Å²) >= 11 is 6.56. The molecule has 3 N–H and O–H groups in total. The fourth-order valence-electron chi connectivity index (χ4n) is 7.46. The molecule has 2 aromatic heterocycles. The van der Waals surface area contributed by atoms with Gasteiger partial charge in [-0.1, -0.05) is 17.7 Å². The number of methoxy groups -OCH3 is 1. The average molecular weight is 795 g/mol. The smallest absolute Gasteiger partial charge is 0.291 e. The number of benzene rings is 2. The third-order valence-corrected chi connectivity index (χ3v) is 11.2. The van der Waals surface area contributed by atoms with Crippen molar-refractivity contribution in [3.63, 3.8) is 0 Å². The number of carbonyl (C=O) groups excluding carboxylic acids is 4. The highest BCUT2D eigenvalue weighted by Gasteiger charge is 2.37. The quantitative estimate of drug-likeness (QED) is 0.205. The lowest BCUT2D eigenvalue weighted by atomic mass is 9.93. The minimum Gasteiger partial charge on any atom is -0.383 e. The minimum atomic E-state index is -1.09. The van der Waals surface area contributed by atoms with Crippen LogP contribution in [-0.2, 0) is 27.9 Å². The summed E-state index contributed by atoms with van der Waals surface area (Å²) in [6, 6.07) is 7.45. The third kappa shape index (κ3) is 8.61. The van der Waals surface area contributed by atoms with E-state index in [0.717, 1.165) is 30.4 Å². The second-order valence-electron chi connectivity index (χ2n) is 14.7. The van der Waals surface area contributed by atoms with Crippen molar-refractivity contribution < 1.29 is 37.2 Å². The molecule has 2 saturated heterocycles. The molecule has 2 aromatic carbocycles. The van der Waals surface area contributed by atoms with Crippen molar-refractivity contribution in [3.05, 3.63) is 76.5 Å². The minimum absolute atomic E-state index is 0.0574. The first-order valence-corrected chi connectivity index (χ1v) is 18.9. The van der Waals surface area contributed by atoms with Gasteiger partial charge in [0, 0.05) is 87.7 Å². The molecule has 0 unspecified atom stereocenters. The van der Waals surface area contributed by atoms with Crippen molar-refractivity contribution in [3.8, 4) is 22.4 Å². The van der Waals surface area contributed by atoms with Crippen LogP contribution < -0.4 is 11.1 Å². The number of likely N-dealkylation sites (tertiary alicyclic amines) is 1. The number of piperazine rings is 1. The van der Waals surface area contributed by atoms with E-state index in [2.05, 4.69) is 22.4 Å². The Kier molecular flexibility index (Phi) is 12.2. The number of carbonyl (C=O) groups is 4. The van der Waals surface area contributed by atoms with Gasteiger partial charge < -0.3 is 34.6 Å². The maximum Gasteiger partial charge on any atom is 0.291 e. The lowest BCUT2D eigenvalue weighted by Crippen LogP contribution is -2.55. The highest BCUT2D eigenvalue weighted by molar-refractivity contribution is 6.34. The first kappa shape index (κ1) is 40.5. The Hall–Kier alpha value is -5.19. The summed E-state index contributed by atoms with van der Waals surface area (Å²) in [5, 5.41) is 7.20. The van der Waals surface area contributed by atoms with Gasteiger partial charge in [0.05, 0.1) is 74.4 Å². The maximum atomic E-state index is 15.6. The number of rotatable bonds is 12. The Labute approximate surface area is 328 Å². The Morgan fingerprint density at radius 3 is 2.32 bits per heavy atom. The van der Waals surface area contributed by atoms with Gasteiger partial charge >= 0.3 is 0 Å². The number of primary amides is 1. The lowest BCUT2D eigenvalue weighted by molar-refractivity contribution is -0.914. The zero-order chi connectivity index (χ0) is 40.3. The van der Waals surface area contributed by atoms with E-state index in [1.54, 1.807) is 35.9 Å². The SMILES string of the molecule is COCCn1cc(-c2ccc(-c3cnc(C(=O)Nc4ccc(C(=O)N5CCN(C(=O)[C@H]6CC[N@@+](C)(CCC(N)=O)CC6)CC5)c(Cl)c4)n3C)c(F)c2F)c(C)n1. The van der Waals surface area contributed by atoms with Gasteiger partial charge in [-0.15, -0.1) is 0 Å². The molecule has 4 heterocycles. The molecule has 2 fully saturated rings. The van der Waals surface area contributed by atoms with Crippen molar-refractivity contribution in [2.24, 2.45) is 18.7 Å². The van der Waals surface area contributed by atoms with Crippen LogP contribution >= 0.6 is 11.6 Å². The van der Waals surface area contributed by atoms with Crippen LogP contribution in [0.3, 0.4) is 0 Å². The molecule has 0 saturated carbocycles. The predicted molar refractivity (Wildman–Crippen MR) is 206 cm³/mol. The fraction of sp³-hybridized carbons (Fsp3) is 0.436. The third-order valence-electron chi connectivity index (χ3n) is 10.9. The molecule has 2 aliphatic heterocycles. The highest BCUT2D eigenvalue weighted by atomic mass is 35.5. The van der Waals surface area contributed by atoms with Crippen LogP contribution in [0.2, 0.25) is 5.02 Å². The van der Waals surface area contributed by atoms with E-state index >= 15 is 8.78 Å². The summed E-state index contributed by atoms with van der Waals surface area (Å²) in [4.78, 5) is 59.0. The molecule has 0 aliphatic carbocycles. The summed E-state index contributed by atoms with van der Waals surface area (Å²) in [6.07, 6.45) is 4.74. The molecule has 0 spiro atoms. The van der Waals surface area contributed by atoms with E-state index in [4.69, 9.17) is 22.1 Å². The van der Waals surface area contributed by atoms with Crippen molar-refractivity contribution in [2.45, 2.75) is 32.7 Å². The number of quaternary nitrogens is 1. The summed E-state index contributed by atoms with van der Waals surface area (Å²) in [7, 11) is 5.18. The van der Waals surface area contributed by atoms with E-state index in [-0.39, 0.29) is 56.9 Å². The first-order valence-electron chi connectivity index (χ1n) is 18.5. The zero-order valence-corrected chi connectivity index (χ0v) is 32.7. The number of imidazole rings is 1. The highest BCUT2D eigenvalue weighted by Crippen LogP contribution is 2.33. The molecule has 298 valence electrons. The summed E-state index contributed by atoms with van der Waals surface area (Å²) in [6.45, 7) is 6.40. The van der Waals surface area contributed by atoms with Crippen molar-refractivity contribution in [2.75, 3.05) is 71.9 Å². The molecular weight excluding hydrogens is 748 g/mol. The monoisotopic (exact) mass is 794 g/mol. The standard InChI is InChI=1S/C39H46ClF2N9O5/c1-24-30(23-50(46-24)16-20-56-4)27-7-8-29(35(42)34(27)41)32-22-44-36(47(32)2)37(53)45-26-5-6-28(31(40)21-26)39(55)49-14-12-48(13-15-49)38(54)25-9-17-51(3,18-10-25)19-11-33(43)52/h5-8,21-23,25H,9-20H2,1-4H3,(H2-,43,45,52,53,55)/p+1/t25-,51+. The number of amides is 4. The first-order chi connectivity index (χ1) is 26.7. The Morgan fingerprint density at radius 1 is 1.00 bits per heavy atom. The molecule has 0 bridgehead atoms. The molecular formula is C39H47ClF2N9O5+. The number of piperidine rings is 1. The second-order valence-corrected chi connectivity index (χ2v) is 15.2. The molecule has 4 amide bonds. The number of aromatic nitrogens is 4. The molecule has 0 atom stereocenters. The number of halogens is 3. The molecule has 0 radical (unpaired) electrons. The molecule has 14 nitrogen and oxygen atoms in total. The Balaban J connectivity index is 1.05. The van der Waals surface area contributed by atoms with Crippen LogP contribution in [-0.4, -0.2) is 124 Å². The van der Waals surface area contributed by atoms with Crippen molar-refractivity contribution in [1.82, 2.24) is 29.1 Å². The maximum absolute atomic E-state index is 15.6. The number of ether oxygens (including phenoxy) is 1. The molecule has 4 aromatic rings. The van der Waals surface area contributed by atoms with Gasteiger partial charge in [0.2, 0.25) is 11.8 Å². The topological polar surface area (TPSA) is 158 Å². The van der Waals surface area contributed by atoms with Gasteiger partial charge in [-0.25, -0.2) is 13.8 Å². The van der Waals surface area contributed by atoms with Gasteiger partial charge in [-0.2, -0.15) is 5.10 Å². The number of hydrogen-bond donors (Lipinski definition) is 2. The van der Waals surface area contributed by atoms with Crippen LogP contribution in [0.4, 0.5) is 14.5 Å². The molecule has 17 heteroatoms. The van der Waals surface area contributed by atoms with E-state index in [0.29, 0.717) is 69.2 Å². The normalized spacial score (nSPS) is 18.6. The van der Waals surface area contributed by atoms with Gasteiger partial charge in [0.1, 0.15) is 0 Å².